The highest BCUT2D eigenvalue weighted by Gasteiger charge is 2.32. The molecule has 1 aliphatic heterocycles. The molecule has 0 spiro atoms. The molecule has 106 valence electrons. The molecule has 0 radical (unpaired) electrons. The Kier molecular flexibility index (Phi) is 4.31. The van der Waals surface area contributed by atoms with Crippen molar-refractivity contribution in [3.8, 4) is 0 Å². The molecule has 0 atom stereocenters. The van der Waals surface area contributed by atoms with Crippen LogP contribution in [0, 0.1) is 0 Å². The first-order chi connectivity index (χ1) is 9.05. The van der Waals surface area contributed by atoms with E-state index < -0.39 is 10.0 Å². The van der Waals surface area contributed by atoms with Crippen molar-refractivity contribution in [2.24, 2.45) is 0 Å². The number of rotatable bonds is 4. The predicted octanol–water partition coefficient (Wildman–Crippen LogP) is 1.60. The van der Waals surface area contributed by atoms with E-state index in [1.807, 2.05) is 6.92 Å². The summed E-state index contributed by atoms with van der Waals surface area (Å²) in [5.41, 5.74) is 6.93. The highest BCUT2D eigenvalue weighted by molar-refractivity contribution is 7.93. The number of benzene rings is 1. The van der Waals surface area contributed by atoms with Crippen molar-refractivity contribution < 1.29 is 13.2 Å². The normalized spacial score (nSPS) is 17.3. The quantitative estimate of drug-likeness (QED) is 0.852. The Labute approximate surface area is 114 Å². The molecule has 0 aromatic heterocycles. The third-order valence-electron chi connectivity index (χ3n) is 3.34. The number of anilines is 2. The van der Waals surface area contributed by atoms with Crippen LogP contribution in [0.4, 0.5) is 11.4 Å². The van der Waals surface area contributed by atoms with Gasteiger partial charge in [0, 0.05) is 25.4 Å². The maximum absolute atomic E-state index is 12.7. The van der Waals surface area contributed by atoms with Gasteiger partial charge in [-0.1, -0.05) is 6.07 Å². The van der Waals surface area contributed by atoms with Gasteiger partial charge in [0.05, 0.1) is 10.9 Å². The first-order valence-corrected chi connectivity index (χ1v) is 8.01. The summed E-state index contributed by atoms with van der Waals surface area (Å²) in [6.45, 7) is 3.26. The van der Waals surface area contributed by atoms with E-state index in [-0.39, 0.29) is 5.25 Å². The second kappa shape index (κ2) is 5.79. The zero-order chi connectivity index (χ0) is 13.9. The maximum atomic E-state index is 12.7. The predicted molar refractivity (Wildman–Crippen MR) is 76.6 cm³/mol. The molecule has 1 fully saturated rings. The van der Waals surface area contributed by atoms with Crippen LogP contribution in [0.3, 0.4) is 0 Å². The van der Waals surface area contributed by atoms with Gasteiger partial charge < -0.3 is 10.5 Å². The van der Waals surface area contributed by atoms with Gasteiger partial charge in [-0.25, -0.2) is 8.42 Å². The number of nitrogens with zero attached hydrogens (tertiary/aromatic N) is 1. The van der Waals surface area contributed by atoms with Gasteiger partial charge in [-0.05, 0) is 38.0 Å². The summed E-state index contributed by atoms with van der Waals surface area (Å²) in [6.07, 6.45) is 1.11. The molecule has 19 heavy (non-hydrogen) atoms. The molecule has 0 saturated carbocycles. The van der Waals surface area contributed by atoms with Gasteiger partial charge in [0.2, 0.25) is 10.0 Å². The summed E-state index contributed by atoms with van der Waals surface area (Å²) < 4.78 is 32.0. The monoisotopic (exact) mass is 284 g/mol. The Bertz CT molecular complexity index is 524. The molecule has 0 unspecified atom stereocenters. The number of ether oxygens (including phenoxy) is 1. The summed E-state index contributed by atoms with van der Waals surface area (Å²) in [7, 11) is -3.35. The van der Waals surface area contributed by atoms with Crippen molar-refractivity contribution in [3.63, 3.8) is 0 Å². The second-order valence-electron chi connectivity index (χ2n) is 4.62. The van der Waals surface area contributed by atoms with Gasteiger partial charge >= 0.3 is 0 Å². The third kappa shape index (κ3) is 3.01. The van der Waals surface area contributed by atoms with Crippen LogP contribution in [0.1, 0.15) is 19.8 Å². The second-order valence-corrected chi connectivity index (χ2v) is 6.75. The lowest BCUT2D eigenvalue weighted by Gasteiger charge is -2.30. The molecular formula is C13H20N2O3S. The molecule has 5 nitrogen and oxygen atoms in total. The summed E-state index contributed by atoms with van der Waals surface area (Å²) in [5.74, 6) is 0. The highest BCUT2D eigenvalue weighted by Crippen LogP contribution is 2.26. The highest BCUT2D eigenvalue weighted by atomic mass is 32.2. The molecule has 0 bridgehead atoms. The van der Waals surface area contributed by atoms with E-state index >= 15 is 0 Å². The molecule has 1 aromatic rings. The lowest BCUT2D eigenvalue weighted by atomic mass is 10.2. The standard InChI is InChI=1S/C13H20N2O3S/c1-2-15(12-5-3-4-11(14)10-12)19(16,17)13-6-8-18-9-7-13/h3-5,10,13H,2,6-9,14H2,1H3. The first kappa shape index (κ1) is 14.1. The van der Waals surface area contributed by atoms with Crippen LogP contribution in [0.15, 0.2) is 24.3 Å². The minimum atomic E-state index is -3.35. The lowest BCUT2D eigenvalue weighted by Crippen LogP contribution is -2.41. The Balaban J connectivity index is 2.30. The van der Waals surface area contributed by atoms with Crippen molar-refractivity contribution in [3.05, 3.63) is 24.3 Å². The summed E-state index contributed by atoms with van der Waals surface area (Å²) in [5, 5.41) is -0.359. The topological polar surface area (TPSA) is 72.6 Å². The minimum absolute atomic E-state index is 0.359. The van der Waals surface area contributed by atoms with Crippen LogP contribution >= 0.6 is 0 Å². The largest absolute Gasteiger partial charge is 0.399 e. The van der Waals surface area contributed by atoms with Crippen molar-refractivity contribution >= 4 is 21.4 Å². The molecule has 2 rings (SSSR count). The van der Waals surface area contributed by atoms with Crippen molar-refractivity contribution in [2.45, 2.75) is 25.0 Å². The molecule has 1 saturated heterocycles. The van der Waals surface area contributed by atoms with Gasteiger partial charge in [-0.2, -0.15) is 0 Å². The maximum Gasteiger partial charge on any atom is 0.238 e. The Morgan fingerprint density at radius 1 is 1.37 bits per heavy atom. The van der Waals surface area contributed by atoms with E-state index in [0.29, 0.717) is 44.0 Å². The van der Waals surface area contributed by atoms with E-state index in [9.17, 15) is 8.42 Å². The summed E-state index contributed by atoms with van der Waals surface area (Å²) >= 11 is 0. The van der Waals surface area contributed by atoms with Gasteiger partial charge in [0.1, 0.15) is 0 Å². The average molecular weight is 284 g/mol. The fraction of sp³-hybridized carbons (Fsp3) is 0.538. The van der Waals surface area contributed by atoms with Crippen molar-refractivity contribution in [1.82, 2.24) is 0 Å². The molecule has 0 aliphatic carbocycles. The van der Waals surface area contributed by atoms with E-state index in [0.717, 1.165) is 0 Å². The summed E-state index contributed by atoms with van der Waals surface area (Å²) in [6, 6.07) is 6.99. The zero-order valence-electron chi connectivity index (χ0n) is 11.1. The van der Waals surface area contributed by atoms with Crippen LogP contribution in [0.25, 0.3) is 0 Å². The molecule has 1 heterocycles. The fourth-order valence-corrected chi connectivity index (χ4v) is 4.26. The smallest absolute Gasteiger partial charge is 0.238 e. The fourth-order valence-electron chi connectivity index (χ4n) is 2.34. The van der Waals surface area contributed by atoms with Crippen LogP contribution in [-0.2, 0) is 14.8 Å². The number of nitrogen functional groups attached to an aromatic ring is 1. The third-order valence-corrected chi connectivity index (χ3v) is 5.74. The SMILES string of the molecule is CCN(c1cccc(N)c1)S(=O)(=O)C1CCOCC1. The average Bonchev–Trinajstić information content (AvgIpc) is 2.40. The van der Waals surface area contributed by atoms with E-state index in [1.165, 1.54) is 4.31 Å². The Morgan fingerprint density at radius 2 is 2.05 bits per heavy atom. The number of sulfonamides is 1. The van der Waals surface area contributed by atoms with E-state index in [4.69, 9.17) is 10.5 Å². The van der Waals surface area contributed by atoms with Crippen LogP contribution < -0.4 is 10.0 Å². The molecule has 1 aliphatic rings. The van der Waals surface area contributed by atoms with Gasteiger partial charge in [0.15, 0.2) is 0 Å². The number of hydrogen-bond donors (Lipinski definition) is 1. The molecular weight excluding hydrogens is 264 g/mol. The first-order valence-electron chi connectivity index (χ1n) is 6.50. The van der Waals surface area contributed by atoms with Crippen LogP contribution in [0.5, 0.6) is 0 Å². The summed E-state index contributed by atoms with van der Waals surface area (Å²) in [4.78, 5) is 0. The Hall–Kier alpha value is -1.27. The molecule has 6 heteroatoms. The van der Waals surface area contributed by atoms with Gasteiger partial charge in [-0.15, -0.1) is 0 Å². The van der Waals surface area contributed by atoms with Crippen molar-refractivity contribution in [1.29, 1.82) is 0 Å². The molecule has 2 N–H and O–H groups in total. The van der Waals surface area contributed by atoms with Crippen LogP contribution in [-0.4, -0.2) is 33.4 Å². The van der Waals surface area contributed by atoms with Gasteiger partial charge in [0.25, 0.3) is 0 Å². The zero-order valence-corrected chi connectivity index (χ0v) is 11.9. The Morgan fingerprint density at radius 3 is 2.63 bits per heavy atom. The van der Waals surface area contributed by atoms with E-state index in [2.05, 4.69) is 0 Å². The lowest BCUT2D eigenvalue weighted by molar-refractivity contribution is 0.0983. The molecule has 0 amide bonds. The number of hydrogen-bond acceptors (Lipinski definition) is 4. The molecule has 1 aromatic carbocycles. The van der Waals surface area contributed by atoms with Crippen LogP contribution in [0.2, 0.25) is 0 Å². The number of nitrogens with two attached hydrogens (primary N) is 1. The minimum Gasteiger partial charge on any atom is -0.399 e. The van der Waals surface area contributed by atoms with Crippen molar-refractivity contribution in [2.75, 3.05) is 29.8 Å². The van der Waals surface area contributed by atoms with E-state index in [1.54, 1.807) is 24.3 Å². The van der Waals surface area contributed by atoms with Gasteiger partial charge in [-0.3, -0.25) is 4.31 Å².